The van der Waals surface area contributed by atoms with Crippen LogP contribution in [0.1, 0.15) is 83.1 Å². The maximum Gasteiger partial charge on any atom is 0.252 e. The number of hydrogen-bond donors (Lipinski definition) is 6. The van der Waals surface area contributed by atoms with E-state index in [9.17, 15) is 14.7 Å². The van der Waals surface area contributed by atoms with Gasteiger partial charge in [0.1, 0.15) is 17.1 Å². The van der Waals surface area contributed by atoms with Crippen LogP contribution >= 0.6 is 0 Å². The smallest absolute Gasteiger partial charge is 0.252 e. The first-order chi connectivity index (χ1) is 24.6. The van der Waals surface area contributed by atoms with E-state index in [1.54, 1.807) is 24.3 Å². The van der Waals surface area contributed by atoms with Crippen molar-refractivity contribution in [3.8, 4) is 28.2 Å². The molecule has 270 valence electrons. The predicted molar refractivity (Wildman–Crippen MR) is 209 cm³/mol. The molecule has 6 N–H and O–H groups in total. The molecule has 3 aliphatic rings. The molecular formula is C42H48N6O4. The summed E-state index contributed by atoms with van der Waals surface area (Å²) in [5, 5.41) is 37.2. The summed E-state index contributed by atoms with van der Waals surface area (Å²) >= 11 is 0. The molecule has 0 bridgehead atoms. The number of hydrogen-bond acceptors (Lipinski definition) is 6. The van der Waals surface area contributed by atoms with E-state index in [0.29, 0.717) is 39.8 Å². The molecule has 0 saturated carbocycles. The number of phenolic OH excluding ortho intramolecular Hbond substituents is 1. The minimum absolute atomic E-state index is 0.0339. The number of amides is 1. The first-order valence-corrected chi connectivity index (χ1v) is 17.8. The number of carbonyl (C=O) groups is 1. The fraction of sp³-hybridized carbons (Fsp3) is 0.333. The van der Waals surface area contributed by atoms with Crippen molar-refractivity contribution in [3.63, 3.8) is 0 Å². The second-order valence-corrected chi connectivity index (χ2v) is 15.3. The number of nitrogens with one attached hydrogen (secondary N) is 5. The van der Waals surface area contributed by atoms with Crippen LogP contribution in [0.2, 0.25) is 0 Å². The highest BCUT2D eigenvalue weighted by molar-refractivity contribution is 6.09. The molecule has 0 aromatic heterocycles. The number of benzene rings is 4. The predicted octanol–water partition coefficient (Wildman–Crippen LogP) is 8.28. The zero-order valence-electron chi connectivity index (χ0n) is 30.7. The first kappa shape index (κ1) is 36.2. The number of phenols is 1. The zero-order valence-corrected chi connectivity index (χ0v) is 30.7. The zero-order chi connectivity index (χ0) is 37.4. The topological polar surface area (TPSA) is 155 Å². The highest BCUT2D eigenvalue weighted by atomic mass is 16.3. The van der Waals surface area contributed by atoms with Gasteiger partial charge in [-0.3, -0.25) is 25.7 Å². The summed E-state index contributed by atoms with van der Waals surface area (Å²) in [6.45, 7) is 12.6. The van der Waals surface area contributed by atoms with Crippen molar-refractivity contribution in [2.75, 3.05) is 5.32 Å². The van der Waals surface area contributed by atoms with Crippen LogP contribution < -0.4 is 21.4 Å². The molecule has 0 spiro atoms. The number of guanidine groups is 2. The molecule has 10 nitrogen and oxygen atoms in total. The molecule has 1 amide bonds. The molecule has 10 heteroatoms. The molecule has 2 aliphatic heterocycles. The van der Waals surface area contributed by atoms with Crippen LogP contribution in [0.4, 0.5) is 5.69 Å². The van der Waals surface area contributed by atoms with E-state index in [4.69, 9.17) is 15.2 Å². The molecule has 52 heavy (non-hydrogen) atoms. The average Bonchev–Trinajstić information content (AvgIpc) is 3.06. The maximum absolute atomic E-state index is 14.1. The van der Waals surface area contributed by atoms with Gasteiger partial charge in [0, 0.05) is 57.5 Å². The summed E-state index contributed by atoms with van der Waals surface area (Å²) < 4.78 is 6.03. The summed E-state index contributed by atoms with van der Waals surface area (Å²) in [7, 11) is 0. The number of aromatic hydroxyl groups is 1. The molecule has 0 radical (unpaired) electrons. The number of fused-ring (bicyclic) bond motifs is 2. The number of likely N-dealkylation sites (tertiary alicyclic amines) is 1. The largest absolute Gasteiger partial charge is 0.508 e. The van der Waals surface area contributed by atoms with Crippen molar-refractivity contribution >= 4 is 34.5 Å². The van der Waals surface area contributed by atoms with Crippen LogP contribution in [0, 0.1) is 10.8 Å². The third-order valence-corrected chi connectivity index (χ3v) is 10.1. The maximum atomic E-state index is 14.1. The van der Waals surface area contributed by atoms with Crippen molar-refractivity contribution in [1.29, 1.82) is 10.8 Å². The molecule has 2 heterocycles. The van der Waals surface area contributed by atoms with Crippen LogP contribution in [-0.4, -0.2) is 45.5 Å². The number of rotatable bonds is 7. The highest BCUT2D eigenvalue weighted by Crippen LogP contribution is 2.42. The number of carbonyl (C=O) groups excluding carboxylic acids is 1. The Morgan fingerprint density at radius 2 is 1.60 bits per heavy atom. The molecule has 1 saturated heterocycles. The van der Waals surface area contributed by atoms with E-state index >= 15 is 0 Å². The molecule has 6 rings (SSSR count). The van der Waals surface area contributed by atoms with E-state index in [1.807, 2.05) is 61.2 Å². The lowest BCUT2D eigenvalue weighted by molar-refractivity contribution is 0.0900. The Kier molecular flexibility index (Phi) is 9.86. The van der Waals surface area contributed by atoms with Crippen molar-refractivity contribution < 1.29 is 14.3 Å². The lowest BCUT2D eigenvalue weighted by Gasteiger charge is -2.40. The van der Waals surface area contributed by atoms with Gasteiger partial charge in [-0.2, -0.15) is 0 Å². The molecule has 1 fully saturated rings. The van der Waals surface area contributed by atoms with Crippen molar-refractivity contribution in [2.24, 2.45) is 0 Å². The molecular weight excluding hydrogens is 653 g/mol. The second-order valence-electron chi connectivity index (χ2n) is 15.3. The first-order valence-electron chi connectivity index (χ1n) is 17.8. The number of piperidine rings is 1. The highest BCUT2D eigenvalue weighted by Gasteiger charge is 2.33. The fourth-order valence-corrected chi connectivity index (χ4v) is 7.90. The van der Waals surface area contributed by atoms with Gasteiger partial charge < -0.3 is 25.1 Å². The third kappa shape index (κ3) is 7.66. The molecule has 2 atom stereocenters. The van der Waals surface area contributed by atoms with Crippen LogP contribution in [-0.2, 0) is 5.41 Å². The van der Waals surface area contributed by atoms with E-state index in [1.165, 1.54) is 18.2 Å². The van der Waals surface area contributed by atoms with E-state index in [2.05, 4.69) is 43.6 Å². The van der Waals surface area contributed by atoms with E-state index < -0.39 is 5.54 Å². The summed E-state index contributed by atoms with van der Waals surface area (Å²) in [5.41, 5.74) is 3.67. The van der Waals surface area contributed by atoms with Crippen molar-refractivity contribution in [2.45, 2.75) is 90.3 Å². The van der Waals surface area contributed by atoms with Gasteiger partial charge in [0.2, 0.25) is 0 Å². The minimum Gasteiger partial charge on any atom is -0.508 e. The van der Waals surface area contributed by atoms with Crippen LogP contribution in [0.3, 0.4) is 0 Å². The van der Waals surface area contributed by atoms with Gasteiger partial charge in [0.05, 0.1) is 0 Å². The van der Waals surface area contributed by atoms with E-state index in [-0.39, 0.29) is 46.5 Å². The molecule has 0 unspecified atom stereocenters. The van der Waals surface area contributed by atoms with Crippen molar-refractivity contribution in [3.05, 3.63) is 106 Å². The lowest BCUT2D eigenvalue weighted by atomic mass is 9.75. The summed E-state index contributed by atoms with van der Waals surface area (Å²) in [4.78, 5) is 28.4. The Morgan fingerprint density at radius 1 is 0.904 bits per heavy atom. The number of anilines is 1. The van der Waals surface area contributed by atoms with Gasteiger partial charge in [0.25, 0.3) is 5.91 Å². The van der Waals surface area contributed by atoms with Crippen molar-refractivity contribution in [1.82, 2.24) is 15.5 Å². The second kappa shape index (κ2) is 14.2. The normalized spacial score (nSPS) is 16.5. The Labute approximate surface area is 304 Å². The van der Waals surface area contributed by atoms with Gasteiger partial charge in [-0.25, -0.2) is 0 Å². The quantitative estimate of drug-likeness (QED) is 0.0567. The fourth-order valence-electron chi connectivity index (χ4n) is 7.90. The SMILES string of the molecule is C[C@@H]1CCC[C@H](C)N1C(=N)NC(=N)Nc1ccc(C(C)(C)CC(C)(C)NC(=O)c2ccccc2-c2c3ccc(=O)cc-3oc3cc(O)ccc23)cc1. The Morgan fingerprint density at radius 3 is 2.31 bits per heavy atom. The Hall–Kier alpha value is -5.64. The molecule has 3 aromatic carbocycles. The van der Waals surface area contributed by atoms with Gasteiger partial charge in [0.15, 0.2) is 17.3 Å². The minimum atomic E-state index is -0.612. The van der Waals surface area contributed by atoms with Crippen LogP contribution in [0.15, 0.2) is 94.1 Å². The third-order valence-electron chi connectivity index (χ3n) is 10.1. The lowest BCUT2D eigenvalue weighted by Crippen LogP contribution is -2.54. The van der Waals surface area contributed by atoms with E-state index in [0.717, 1.165) is 36.1 Å². The van der Waals surface area contributed by atoms with Crippen LogP contribution in [0.25, 0.3) is 33.4 Å². The molecule has 1 aliphatic carbocycles. The number of nitrogens with zero attached hydrogens (tertiary/aromatic N) is 1. The van der Waals surface area contributed by atoms with Gasteiger partial charge >= 0.3 is 0 Å². The Bertz CT molecular complexity index is 2160. The van der Waals surface area contributed by atoms with Gasteiger partial charge in [-0.1, -0.05) is 44.2 Å². The monoisotopic (exact) mass is 700 g/mol. The van der Waals surface area contributed by atoms with Crippen LogP contribution in [0.5, 0.6) is 5.75 Å². The summed E-state index contributed by atoms with van der Waals surface area (Å²) in [6, 6.07) is 25.3. The average molecular weight is 701 g/mol. The summed E-state index contributed by atoms with van der Waals surface area (Å²) in [5.74, 6) is 0.452. The van der Waals surface area contributed by atoms with Gasteiger partial charge in [-0.15, -0.1) is 0 Å². The molecule has 3 aromatic rings. The Balaban J connectivity index is 1.17. The standard InChI is InChI=1S/C42H48N6O4/c1-25-10-9-11-26(2)48(25)40(44)46-39(43)45-28-16-14-27(15-17-28)41(3,4)24-42(5,6)47-38(51)32-13-8-7-12-31(32)37-33-20-18-29(49)22-35(33)52-36-23-30(50)19-21-34(36)37/h7-8,12-23,25-26,49H,9-11,24H2,1-6H3,(H,47,51)(H4,43,44,45,46)/t25-,26+. The summed E-state index contributed by atoms with van der Waals surface area (Å²) in [6.07, 6.45) is 3.86. The van der Waals surface area contributed by atoms with Gasteiger partial charge in [-0.05, 0) is 112 Å².